The Morgan fingerprint density at radius 2 is 1.50 bits per heavy atom. The largest absolute Gasteiger partial charge is 0.446 e. The summed E-state index contributed by atoms with van der Waals surface area (Å²) in [6.45, 7) is 0. The smallest absolute Gasteiger partial charge is 0.338 e. The van der Waals surface area contributed by atoms with Gasteiger partial charge in [0.25, 0.3) is 0 Å². The Morgan fingerprint density at radius 1 is 1.00 bits per heavy atom. The van der Waals surface area contributed by atoms with E-state index in [2.05, 4.69) is 0 Å². The van der Waals surface area contributed by atoms with E-state index in [4.69, 9.17) is 51.1 Å². The van der Waals surface area contributed by atoms with Crippen molar-refractivity contribution in [3.63, 3.8) is 0 Å². The summed E-state index contributed by atoms with van der Waals surface area (Å²) >= 11 is 21.8. The molecular formula is C7H4Cl4O. The van der Waals surface area contributed by atoms with Crippen molar-refractivity contribution in [2.75, 3.05) is 0 Å². The second kappa shape index (κ2) is 3.93. The minimum Gasteiger partial charge on any atom is -0.446 e. The third-order valence-corrected chi connectivity index (χ3v) is 1.53. The SMILES string of the molecule is Clc1ccc(OC(Cl)(Cl)Cl)cc1. The second-order valence-electron chi connectivity index (χ2n) is 2.00. The van der Waals surface area contributed by atoms with E-state index in [0.29, 0.717) is 10.8 Å². The van der Waals surface area contributed by atoms with E-state index in [-0.39, 0.29) is 0 Å². The number of benzene rings is 1. The van der Waals surface area contributed by atoms with Gasteiger partial charge in [0.2, 0.25) is 0 Å². The lowest BCUT2D eigenvalue weighted by Gasteiger charge is -2.12. The van der Waals surface area contributed by atoms with E-state index in [9.17, 15) is 0 Å². The molecule has 12 heavy (non-hydrogen) atoms. The van der Waals surface area contributed by atoms with Crippen molar-refractivity contribution >= 4 is 46.4 Å². The van der Waals surface area contributed by atoms with E-state index in [0.717, 1.165) is 0 Å². The minimum atomic E-state index is -1.73. The Labute approximate surface area is 90.1 Å². The van der Waals surface area contributed by atoms with Crippen molar-refractivity contribution in [2.45, 2.75) is 3.98 Å². The predicted molar refractivity (Wildman–Crippen MR) is 52.4 cm³/mol. The van der Waals surface area contributed by atoms with E-state index in [1.807, 2.05) is 0 Å². The molecule has 0 amide bonds. The molecule has 0 bridgehead atoms. The van der Waals surface area contributed by atoms with Crippen molar-refractivity contribution in [3.05, 3.63) is 29.3 Å². The minimum absolute atomic E-state index is 0.458. The molecule has 0 aliphatic rings. The van der Waals surface area contributed by atoms with Crippen LogP contribution in [0.5, 0.6) is 5.75 Å². The molecule has 0 saturated carbocycles. The molecule has 1 rings (SSSR count). The summed E-state index contributed by atoms with van der Waals surface area (Å²) in [6, 6.07) is 6.52. The Hall–Kier alpha value is 0.180. The first-order chi connectivity index (χ1) is 5.47. The fourth-order valence-corrected chi connectivity index (χ4v) is 1.03. The maximum atomic E-state index is 5.63. The van der Waals surface area contributed by atoms with Crippen LogP contribution < -0.4 is 4.74 Å². The molecule has 0 atom stereocenters. The molecule has 66 valence electrons. The Bertz CT molecular complexity index is 251. The van der Waals surface area contributed by atoms with E-state index < -0.39 is 3.98 Å². The molecule has 5 heteroatoms. The highest BCUT2D eigenvalue weighted by atomic mass is 35.6. The number of ether oxygens (including phenoxy) is 1. The van der Waals surface area contributed by atoms with Crippen molar-refractivity contribution < 1.29 is 4.74 Å². The summed E-state index contributed by atoms with van der Waals surface area (Å²) in [5.41, 5.74) is 0. The van der Waals surface area contributed by atoms with Gasteiger partial charge in [0.15, 0.2) is 0 Å². The average molecular weight is 246 g/mol. The molecule has 0 unspecified atom stereocenters. The molecule has 1 aromatic rings. The number of halogens is 4. The Kier molecular flexibility index (Phi) is 3.36. The fourth-order valence-electron chi connectivity index (χ4n) is 0.636. The first kappa shape index (κ1) is 10.3. The molecule has 0 aliphatic heterocycles. The number of alkyl halides is 3. The molecule has 0 saturated heterocycles. The average Bonchev–Trinajstić information content (AvgIpc) is 1.91. The van der Waals surface area contributed by atoms with E-state index in [1.165, 1.54) is 0 Å². The van der Waals surface area contributed by atoms with Crippen molar-refractivity contribution in [3.8, 4) is 5.75 Å². The number of rotatable bonds is 1. The maximum Gasteiger partial charge on any atom is 0.338 e. The van der Waals surface area contributed by atoms with Gasteiger partial charge in [-0.2, -0.15) is 0 Å². The van der Waals surface area contributed by atoms with Gasteiger partial charge in [0.05, 0.1) is 0 Å². The summed E-state index contributed by atoms with van der Waals surface area (Å²) < 4.78 is 3.17. The summed E-state index contributed by atoms with van der Waals surface area (Å²) in [5, 5.41) is 0.603. The van der Waals surface area contributed by atoms with Crippen LogP contribution in [0, 0.1) is 0 Å². The Morgan fingerprint density at radius 3 is 1.92 bits per heavy atom. The van der Waals surface area contributed by atoms with Crippen molar-refractivity contribution in [1.82, 2.24) is 0 Å². The van der Waals surface area contributed by atoms with Crippen LogP contribution in [0.2, 0.25) is 5.02 Å². The van der Waals surface area contributed by atoms with Gasteiger partial charge in [0.1, 0.15) is 5.75 Å². The summed E-state index contributed by atoms with van der Waals surface area (Å²) in [4.78, 5) is 0. The Balaban J connectivity index is 2.71. The van der Waals surface area contributed by atoms with Gasteiger partial charge in [-0.05, 0) is 59.1 Å². The molecule has 0 aromatic heterocycles. The van der Waals surface area contributed by atoms with E-state index in [1.54, 1.807) is 24.3 Å². The van der Waals surface area contributed by atoms with Gasteiger partial charge in [-0.25, -0.2) is 0 Å². The number of hydrogen-bond donors (Lipinski definition) is 0. The lowest BCUT2D eigenvalue weighted by molar-refractivity contribution is 0.320. The highest BCUT2D eigenvalue weighted by molar-refractivity contribution is 6.66. The molecule has 0 spiro atoms. The van der Waals surface area contributed by atoms with Crippen LogP contribution in [-0.2, 0) is 0 Å². The first-order valence-electron chi connectivity index (χ1n) is 2.99. The molecule has 1 nitrogen and oxygen atoms in total. The molecule has 0 aliphatic carbocycles. The molecular weight excluding hydrogens is 242 g/mol. The van der Waals surface area contributed by atoms with Crippen LogP contribution in [0.25, 0.3) is 0 Å². The monoisotopic (exact) mass is 244 g/mol. The van der Waals surface area contributed by atoms with Crippen molar-refractivity contribution in [1.29, 1.82) is 0 Å². The van der Waals surface area contributed by atoms with Crippen LogP contribution in [0.1, 0.15) is 0 Å². The van der Waals surface area contributed by atoms with Crippen LogP contribution in [0.3, 0.4) is 0 Å². The van der Waals surface area contributed by atoms with Crippen LogP contribution >= 0.6 is 46.4 Å². The molecule has 1 aromatic carbocycles. The zero-order valence-electron chi connectivity index (χ0n) is 5.73. The van der Waals surface area contributed by atoms with E-state index >= 15 is 0 Å². The van der Waals surface area contributed by atoms with Gasteiger partial charge in [-0.3, -0.25) is 0 Å². The highest BCUT2D eigenvalue weighted by Gasteiger charge is 2.21. The van der Waals surface area contributed by atoms with Crippen molar-refractivity contribution in [2.24, 2.45) is 0 Å². The third kappa shape index (κ3) is 3.72. The van der Waals surface area contributed by atoms with Crippen LogP contribution in [-0.4, -0.2) is 3.98 Å². The summed E-state index contributed by atoms with van der Waals surface area (Å²) in [5.74, 6) is 0.458. The normalized spacial score (nSPS) is 11.3. The topological polar surface area (TPSA) is 9.23 Å². The molecule has 0 fully saturated rings. The van der Waals surface area contributed by atoms with Crippen LogP contribution in [0.15, 0.2) is 24.3 Å². The highest BCUT2D eigenvalue weighted by Crippen LogP contribution is 2.30. The predicted octanol–water partition coefficient (Wildman–Crippen LogP) is 4.05. The summed E-state index contributed by atoms with van der Waals surface area (Å²) in [7, 11) is 0. The standard InChI is InChI=1S/C7H4Cl4O/c8-5-1-3-6(4-2-5)12-7(9,10)11/h1-4H. The van der Waals surface area contributed by atoms with Crippen LogP contribution in [0.4, 0.5) is 0 Å². The lowest BCUT2D eigenvalue weighted by Crippen LogP contribution is -2.12. The first-order valence-corrected chi connectivity index (χ1v) is 4.50. The van der Waals surface area contributed by atoms with Gasteiger partial charge >= 0.3 is 3.98 Å². The quantitative estimate of drug-likeness (QED) is 0.679. The fraction of sp³-hybridized carbons (Fsp3) is 0.143. The van der Waals surface area contributed by atoms with Gasteiger partial charge in [-0.15, -0.1) is 0 Å². The zero-order valence-corrected chi connectivity index (χ0v) is 8.75. The van der Waals surface area contributed by atoms with Gasteiger partial charge < -0.3 is 4.74 Å². The maximum absolute atomic E-state index is 5.63. The third-order valence-electron chi connectivity index (χ3n) is 1.05. The van der Waals surface area contributed by atoms with Gasteiger partial charge in [-0.1, -0.05) is 11.6 Å². The molecule has 0 heterocycles. The molecule has 0 N–H and O–H groups in total. The lowest BCUT2D eigenvalue weighted by atomic mass is 10.3. The zero-order chi connectivity index (χ0) is 9.19. The summed E-state index contributed by atoms with van der Waals surface area (Å²) in [6.07, 6.45) is 0. The molecule has 0 radical (unpaired) electrons. The second-order valence-corrected chi connectivity index (χ2v) is 4.62. The van der Waals surface area contributed by atoms with Gasteiger partial charge in [0, 0.05) is 5.02 Å². The number of hydrogen-bond acceptors (Lipinski definition) is 1.